The summed E-state index contributed by atoms with van der Waals surface area (Å²) >= 11 is 1.73. The van der Waals surface area contributed by atoms with Crippen molar-refractivity contribution in [3.8, 4) is 0 Å². The molecule has 5 heteroatoms. The van der Waals surface area contributed by atoms with E-state index >= 15 is 0 Å². The molecule has 0 aromatic carbocycles. The Morgan fingerprint density at radius 3 is 2.95 bits per heavy atom. The molecule has 2 amide bonds. The third kappa shape index (κ3) is 4.84. The molecule has 2 N–H and O–H groups in total. The van der Waals surface area contributed by atoms with Gasteiger partial charge in [-0.05, 0) is 44.7 Å². The highest BCUT2D eigenvalue weighted by molar-refractivity contribution is 7.09. The highest BCUT2D eigenvalue weighted by atomic mass is 32.1. The SMILES string of the molecule is C[C@H](CNC(=O)NCCc1cccs1)N(C)C1CC1. The number of carbonyl (C=O) groups excluding carboxylic acids is 1. The van der Waals surface area contributed by atoms with E-state index in [4.69, 9.17) is 0 Å². The predicted octanol–water partition coefficient (Wildman–Crippen LogP) is 2.07. The van der Waals surface area contributed by atoms with E-state index < -0.39 is 0 Å². The summed E-state index contributed by atoms with van der Waals surface area (Å²) in [4.78, 5) is 15.3. The maximum Gasteiger partial charge on any atom is 0.314 e. The van der Waals surface area contributed by atoms with Gasteiger partial charge in [-0.25, -0.2) is 4.79 Å². The summed E-state index contributed by atoms with van der Waals surface area (Å²) in [5.41, 5.74) is 0. The molecule has 0 aliphatic heterocycles. The molecule has 1 aromatic rings. The predicted molar refractivity (Wildman–Crippen MR) is 79.7 cm³/mol. The van der Waals surface area contributed by atoms with E-state index in [1.54, 1.807) is 11.3 Å². The van der Waals surface area contributed by atoms with Crippen molar-refractivity contribution < 1.29 is 4.79 Å². The van der Waals surface area contributed by atoms with Crippen molar-refractivity contribution in [3.05, 3.63) is 22.4 Å². The molecule has 0 radical (unpaired) electrons. The lowest BCUT2D eigenvalue weighted by Gasteiger charge is -2.24. The van der Waals surface area contributed by atoms with Gasteiger partial charge in [0, 0.05) is 30.1 Å². The number of thiophene rings is 1. The van der Waals surface area contributed by atoms with Crippen LogP contribution in [0.3, 0.4) is 0 Å². The molecule has 1 atom stereocenters. The summed E-state index contributed by atoms with van der Waals surface area (Å²) in [6, 6.07) is 5.20. The van der Waals surface area contributed by atoms with E-state index in [2.05, 4.69) is 41.0 Å². The maximum atomic E-state index is 11.6. The van der Waals surface area contributed by atoms with Gasteiger partial charge in [0.2, 0.25) is 0 Å². The van der Waals surface area contributed by atoms with Crippen LogP contribution in [0.2, 0.25) is 0 Å². The Kier molecular flexibility index (Phi) is 5.22. The minimum absolute atomic E-state index is 0.0624. The van der Waals surface area contributed by atoms with E-state index in [1.165, 1.54) is 17.7 Å². The molecule has 1 aliphatic carbocycles. The summed E-state index contributed by atoms with van der Waals surface area (Å²) in [7, 11) is 2.14. The fraction of sp³-hybridized carbons (Fsp3) is 0.643. The number of nitrogens with one attached hydrogen (secondary N) is 2. The summed E-state index contributed by atoms with van der Waals surface area (Å²) in [5.74, 6) is 0. The van der Waals surface area contributed by atoms with Gasteiger partial charge >= 0.3 is 6.03 Å². The largest absolute Gasteiger partial charge is 0.338 e. The summed E-state index contributed by atoms with van der Waals surface area (Å²) in [6.07, 6.45) is 3.50. The first kappa shape index (κ1) is 14.3. The van der Waals surface area contributed by atoms with Crippen molar-refractivity contribution in [2.75, 3.05) is 20.1 Å². The first-order valence-corrected chi connectivity index (χ1v) is 7.81. The van der Waals surface area contributed by atoms with Crippen LogP contribution in [0.25, 0.3) is 0 Å². The van der Waals surface area contributed by atoms with Crippen LogP contribution < -0.4 is 10.6 Å². The zero-order chi connectivity index (χ0) is 13.7. The van der Waals surface area contributed by atoms with Gasteiger partial charge in [0.05, 0.1) is 0 Å². The number of urea groups is 1. The zero-order valence-electron chi connectivity index (χ0n) is 11.7. The lowest BCUT2D eigenvalue weighted by Crippen LogP contribution is -2.44. The third-order valence-electron chi connectivity index (χ3n) is 3.61. The highest BCUT2D eigenvalue weighted by Crippen LogP contribution is 2.26. The van der Waals surface area contributed by atoms with Gasteiger partial charge < -0.3 is 10.6 Å². The molecule has 4 nitrogen and oxygen atoms in total. The molecule has 1 saturated carbocycles. The van der Waals surface area contributed by atoms with E-state index in [-0.39, 0.29) is 6.03 Å². The lowest BCUT2D eigenvalue weighted by atomic mass is 10.3. The van der Waals surface area contributed by atoms with Gasteiger partial charge in [0.25, 0.3) is 0 Å². The van der Waals surface area contributed by atoms with E-state index in [1.807, 2.05) is 6.07 Å². The van der Waals surface area contributed by atoms with Crippen LogP contribution in [0.15, 0.2) is 17.5 Å². The number of hydrogen-bond acceptors (Lipinski definition) is 3. The number of nitrogens with zero attached hydrogens (tertiary/aromatic N) is 1. The number of hydrogen-bond donors (Lipinski definition) is 2. The molecule has 0 spiro atoms. The zero-order valence-corrected chi connectivity index (χ0v) is 12.5. The van der Waals surface area contributed by atoms with Crippen LogP contribution in [-0.4, -0.2) is 43.2 Å². The van der Waals surface area contributed by atoms with Crippen LogP contribution in [0.1, 0.15) is 24.6 Å². The Morgan fingerprint density at radius 2 is 2.32 bits per heavy atom. The number of rotatable bonds is 7. The molecule has 1 aliphatic rings. The summed E-state index contributed by atoms with van der Waals surface area (Å²) in [6.45, 7) is 3.56. The second-order valence-electron chi connectivity index (χ2n) is 5.21. The monoisotopic (exact) mass is 281 g/mol. The molecule has 19 heavy (non-hydrogen) atoms. The molecular formula is C14H23N3OS. The van der Waals surface area contributed by atoms with Crippen LogP contribution in [0.4, 0.5) is 4.79 Å². The van der Waals surface area contributed by atoms with Gasteiger partial charge in [-0.2, -0.15) is 0 Å². The molecule has 0 bridgehead atoms. The Morgan fingerprint density at radius 1 is 1.53 bits per heavy atom. The van der Waals surface area contributed by atoms with E-state index in [0.717, 1.165) is 12.5 Å². The van der Waals surface area contributed by atoms with E-state index in [9.17, 15) is 4.79 Å². The fourth-order valence-electron chi connectivity index (χ4n) is 2.04. The Bertz CT molecular complexity index is 389. The van der Waals surface area contributed by atoms with Crippen LogP contribution >= 0.6 is 11.3 Å². The van der Waals surface area contributed by atoms with Crippen LogP contribution in [0, 0.1) is 0 Å². The smallest absolute Gasteiger partial charge is 0.314 e. The molecule has 2 rings (SSSR count). The normalized spacial score (nSPS) is 16.4. The third-order valence-corrected chi connectivity index (χ3v) is 4.55. The number of amides is 2. The molecule has 1 fully saturated rings. The second kappa shape index (κ2) is 6.91. The molecule has 1 aromatic heterocycles. The fourth-order valence-corrected chi connectivity index (χ4v) is 2.75. The number of carbonyl (C=O) groups is 1. The average molecular weight is 281 g/mol. The first-order chi connectivity index (χ1) is 9.16. The van der Waals surface area contributed by atoms with E-state index in [0.29, 0.717) is 19.1 Å². The minimum Gasteiger partial charge on any atom is -0.338 e. The molecule has 1 heterocycles. The number of likely N-dealkylation sites (N-methyl/N-ethyl adjacent to an activating group) is 1. The van der Waals surface area contributed by atoms with Gasteiger partial charge in [-0.15, -0.1) is 11.3 Å². The quantitative estimate of drug-likeness (QED) is 0.803. The highest BCUT2D eigenvalue weighted by Gasteiger charge is 2.28. The van der Waals surface area contributed by atoms with Gasteiger partial charge in [0.15, 0.2) is 0 Å². The maximum absolute atomic E-state index is 11.6. The van der Waals surface area contributed by atoms with Crippen LogP contribution in [-0.2, 0) is 6.42 Å². The molecular weight excluding hydrogens is 258 g/mol. The Labute approximate surface area is 119 Å². The topological polar surface area (TPSA) is 44.4 Å². The molecule has 0 saturated heterocycles. The molecule has 0 unspecified atom stereocenters. The van der Waals surface area contributed by atoms with Crippen molar-refractivity contribution in [2.24, 2.45) is 0 Å². The molecule has 106 valence electrons. The lowest BCUT2D eigenvalue weighted by molar-refractivity contribution is 0.222. The van der Waals surface area contributed by atoms with Crippen molar-refractivity contribution in [1.82, 2.24) is 15.5 Å². The van der Waals surface area contributed by atoms with Crippen molar-refractivity contribution in [1.29, 1.82) is 0 Å². The second-order valence-corrected chi connectivity index (χ2v) is 6.24. The minimum atomic E-state index is -0.0624. The van der Waals surface area contributed by atoms with Crippen molar-refractivity contribution >= 4 is 17.4 Å². The Balaban J connectivity index is 1.56. The van der Waals surface area contributed by atoms with Gasteiger partial charge in [-0.3, -0.25) is 4.90 Å². The van der Waals surface area contributed by atoms with Crippen LogP contribution in [0.5, 0.6) is 0 Å². The standard InChI is InChI=1S/C14H23N3OS/c1-11(17(2)12-5-6-12)10-16-14(18)15-8-7-13-4-3-9-19-13/h3-4,9,11-12H,5-8,10H2,1-2H3,(H2,15,16,18)/t11-/m1/s1. The van der Waals surface area contributed by atoms with Crippen molar-refractivity contribution in [3.63, 3.8) is 0 Å². The first-order valence-electron chi connectivity index (χ1n) is 6.93. The van der Waals surface area contributed by atoms with Crippen molar-refractivity contribution in [2.45, 2.75) is 38.3 Å². The van der Waals surface area contributed by atoms with Gasteiger partial charge in [-0.1, -0.05) is 6.07 Å². The average Bonchev–Trinajstić information content (AvgIpc) is 3.13. The summed E-state index contributed by atoms with van der Waals surface area (Å²) in [5, 5.41) is 7.90. The Hall–Kier alpha value is -1.07. The summed E-state index contributed by atoms with van der Waals surface area (Å²) < 4.78 is 0. The van der Waals surface area contributed by atoms with Gasteiger partial charge in [0.1, 0.15) is 0 Å².